The molecule has 2 aromatic rings. The van der Waals surface area contributed by atoms with Crippen molar-refractivity contribution in [1.82, 2.24) is 5.32 Å². The third-order valence-electron chi connectivity index (χ3n) is 4.08. The molecule has 0 spiro atoms. The summed E-state index contributed by atoms with van der Waals surface area (Å²) >= 11 is 3.71. The lowest BCUT2D eigenvalue weighted by Crippen LogP contribution is -2.18. The molecule has 1 nitrogen and oxygen atoms in total. The van der Waals surface area contributed by atoms with Crippen molar-refractivity contribution in [2.75, 3.05) is 7.05 Å². The van der Waals surface area contributed by atoms with Crippen molar-refractivity contribution in [2.45, 2.75) is 39.7 Å². The Kier molecular flexibility index (Phi) is 5.60. The van der Waals surface area contributed by atoms with Gasteiger partial charge in [-0.2, -0.15) is 0 Å². The molecule has 2 heteroatoms. The zero-order chi connectivity index (χ0) is 15.4. The second kappa shape index (κ2) is 7.24. The predicted octanol–water partition coefficient (Wildman–Crippen LogP) is 5.19. The summed E-state index contributed by atoms with van der Waals surface area (Å²) in [7, 11) is 2.02. The van der Waals surface area contributed by atoms with Gasteiger partial charge >= 0.3 is 0 Å². The summed E-state index contributed by atoms with van der Waals surface area (Å²) in [5.74, 6) is 0. The van der Waals surface area contributed by atoms with Crippen molar-refractivity contribution in [3.05, 3.63) is 68.7 Å². The van der Waals surface area contributed by atoms with E-state index in [2.05, 4.69) is 78.4 Å². The van der Waals surface area contributed by atoms with Gasteiger partial charge in [-0.05, 0) is 60.7 Å². The van der Waals surface area contributed by atoms with Gasteiger partial charge in [-0.25, -0.2) is 0 Å². The number of rotatable bonds is 5. The first-order chi connectivity index (χ1) is 10.1. The molecule has 0 saturated heterocycles. The third-order valence-corrected chi connectivity index (χ3v) is 4.77. The van der Waals surface area contributed by atoms with E-state index in [0.29, 0.717) is 0 Å². The van der Waals surface area contributed by atoms with E-state index in [1.165, 1.54) is 32.3 Å². The summed E-state index contributed by atoms with van der Waals surface area (Å²) in [6.45, 7) is 6.57. The Bertz CT molecular complexity index is 619. The summed E-state index contributed by atoms with van der Waals surface area (Å²) in [4.78, 5) is 0. The van der Waals surface area contributed by atoms with Gasteiger partial charge in [0, 0.05) is 4.47 Å². The lowest BCUT2D eigenvalue weighted by molar-refractivity contribution is 0.687. The van der Waals surface area contributed by atoms with Crippen molar-refractivity contribution in [1.29, 1.82) is 0 Å². The van der Waals surface area contributed by atoms with Crippen LogP contribution in [0.5, 0.6) is 0 Å². The fourth-order valence-electron chi connectivity index (χ4n) is 2.87. The van der Waals surface area contributed by atoms with Crippen LogP contribution in [0.2, 0.25) is 0 Å². The summed E-state index contributed by atoms with van der Waals surface area (Å²) in [5.41, 5.74) is 6.80. The Balaban J connectivity index is 2.46. The molecule has 0 saturated carbocycles. The van der Waals surface area contributed by atoms with Crippen LogP contribution in [0.4, 0.5) is 0 Å². The number of aryl methyl sites for hydroxylation is 3. The molecule has 0 fully saturated rings. The first-order valence-electron chi connectivity index (χ1n) is 7.65. The molecular formula is C19H24BrN. The fraction of sp³-hybridized carbons (Fsp3) is 0.368. The van der Waals surface area contributed by atoms with Gasteiger partial charge in [0.15, 0.2) is 0 Å². The van der Waals surface area contributed by atoms with Crippen molar-refractivity contribution >= 4 is 15.9 Å². The third kappa shape index (κ3) is 3.56. The molecule has 0 amide bonds. The van der Waals surface area contributed by atoms with Crippen LogP contribution in [-0.2, 0) is 12.8 Å². The number of hydrogen-bond acceptors (Lipinski definition) is 1. The molecule has 0 aromatic heterocycles. The Morgan fingerprint density at radius 1 is 1.00 bits per heavy atom. The van der Waals surface area contributed by atoms with Gasteiger partial charge in [0.05, 0.1) is 6.04 Å². The zero-order valence-electron chi connectivity index (χ0n) is 13.3. The van der Waals surface area contributed by atoms with Crippen LogP contribution >= 0.6 is 15.9 Å². The normalized spacial score (nSPS) is 12.4. The maximum Gasteiger partial charge on any atom is 0.0585 e. The molecule has 0 aliphatic rings. The minimum Gasteiger partial charge on any atom is -0.309 e. The van der Waals surface area contributed by atoms with Gasteiger partial charge < -0.3 is 5.32 Å². The highest BCUT2D eigenvalue weighted by molar-refractivity contribution is 9.10. The van der Waals surface area contributed by atoms with Crippen molar-refractivity contribution < 1.29 is 0 Å². The van der Waals surface area contributed by atoms with Gasteiger partial charge in [0.25, 0.3) is 0 Å². The minimum atomic E-state index is 0.219. The highest BCUT2D eigenvalue weighted by Crippen LogP contribution is 2.30. The van der Waals surface area contributed by atoms with Crippen LogP contribution in [-0.4, -0.2) is 7.05 Å². The molecule has 2 aromatic carbocycles. The second-order valence-corrected chi connectivity index (χ2v) is 6.34. The standard InChI is InChI=1S/C19H24BrN/c1-5-14-8-9-16(12-15(14)6-2)19(21-4)17-10-7-13(3)11-18(17)20/h7-12,19,21H,5-6H2,1-4H3. The Labute approximate surface area is 136 Å². The van der Waals surface area contributed by atoms with E-state index in [1.807, 2.05) is 7.05 Å². The quantitative estimate of drug-likeness (QED) is 0.785. The molecular weight excluding hydrogens is 322 g/mol. The lowest BCUT2D eigenvalue weighted by atomic mass is 9.93. The molecule has 0 radical (unpaired) electrons. The molecule has 112 valence electrons. The number of nitrogens with one attached hydrogen (secondary N) is 1. The molecule has 0 aliphatic heterocycles. The van der Waals surface area contributed by atoms with Crippen LogP contribution in [0.15, 0.2) is 40.9 Å². The van der Waals surface area contributed by atoms with Gasteiger partial charge in [-0.3, -0.25) is 0 Å². The summed E-state index contributed by atoms with van der Waals surface area (Å²) in [6.07, 6.45) is 2.18. The Hall–Kier alpha value is -1.12. The first kappa shape index (κ1) is 16.3. The van der Waals surface area contributed by atoms with Gasteiger partial charge in [0.2, 0.25) is 0 Å². The average Bonchev–Trinajstić information content (AvgIpc) is 2.49. The number of benzene rings is 2. The molecule has 0 heterocycles. The Morgan fingerprint density at radius 2 is 1.71 bits per heavy atom. The maximum absolute atomic E-state index is 3.71. The van der Waals surface area contributed by atoms with Crippen molar-refractivity contribution in [2.24, 2.45) is 0 Å². The van der Waals surface area contributed by atoms with Crippen LogP contribution < -0.4 is 5.32 Å². The molecule has 0 aliphatic carbocycles. The smallest absolute Gasteiger partial charge is 0.0585 e. The lowest BCUT2D eigenvalue weighted by Gasteiger charge is -2.21. The molecule has 2 rings (SSSR count). The van der Waals surface area contributed by atoms with Crippen LogP contribution in [0.25, 0.3) is 0 Å². The highest BCUT2D eigenvalue weighted by atomic mass is 79.9. The number of halogens is 1. The SMILES string of the molecule is CCc1ccc(C(NC)c2ccc(C)cc2Br)cc1CC. The summed E-state index contributed by atoms with van der Waals surface area (Å²) < 4.78 is 1.17. The zero-order valence-corrected chi connectivity index (χ0v) is 14.9. The molecule has 0 bridgehead atoms. The number of hydrogen-bond donors (Lipinski definition) is 1. The van der Waals surface area contributed by atoms with E-state index in [9.17, 15) is 0 Å². The minimum absolute atomic E-state index is 0.219. The van der Waals surface area contributed by atoms with E-state index < -0.39 is 0 Å². The molecule has 21 heavy (non-hydrogen) atoms. The monoisotopic (exact) mass is 345 g/mol. The summed E-state index contributed by atoms with van der Waals surface area (Å²) in [6, 6.07) is 13.7. The van der Waals surface area contributed by atoms with Gasteiger partial charge in [-0.15, -0.1) is 0 Å². The second-order valence-electron chi connectivity index (χ2n) is 5.48. The van der Waals surface area contributed by atoms with E-state index in [0.717, 1.165) is 12.8 Å². The average molecular weight is 346 g/mol. The maximum atomic E-state index is 3.71. The molecule has 1 N–H and O–H groups in total. The van der Waals surface area contributed by atoms with Crippen LogP contribution in [0.1, 0.15) is 47.7 Å². The van der Waals surface area contributed by atoms with Gasteiger partial charge in [-0.1, -0.05) is 60.1 Å². The van der Waals surface area contributed by atoms with E-state index >= 15 is 0 Å². The van der Waals surface area contributed by atoms with Crippen molar-refractivity contribution in [3.63, 3.8) is 0 Å². The highest BCUT2D eigenvalue weighted by Gasteiger charge is 2.16. The largest absolute Gasteiger partial charge is 0.309 e. The van der Waals surface area contributed by atoms with Crippen molar-refractivity contribution in [3.8, 4) is 0 Å². The van der Waals surface area contributed by atoms with Crippen LogP contribution in [0, 0.1) is 6.92 Å². The molecule has 1 atom stereocenters. The van der Waals surface area contributed by atoms with E-state index in [4.69, 9.17) is 0 Å². The molecule has 1 unspecified atom stereocenters. The van der Waals surface area contributed by atoms with Gasteiger partial charge in [0.1, 0.15) is 0 Å². The summed E-state index contributed by atoms with van der Waals surface area (Å²) in [5, 5.41) is 3.45. The topological polar surface area (TPSA) is 12.0 Å². The Morgan fingerprint density at radius 3 is 2.29 bits per heavy atom. The van der Waals surface area contributed by atoms with E-state index in [-0.39, 0.29) is 6.04 Å². The first-order valence-corrected chi connectivity index (χ1v) is 8.45. The fourth-order valence-corrected chi connectivity index (χ4v) is 3.59. The van der Waals surface area contributed by atoms with E-state index in [1.54, 1.807) is 0 Å². The van der Waals surface area contributed by atoms with Crippen LogP contribution in [0.3, 0.4) is 0 Å². The predicted molar refractivity (Wildman–Crippen MR) is 95.0 cm³/mol.